The summed E-state index contributed by atoms with van der Waals surface area (Å²) in [6.07, 6.45) is -0.687. The van der Waals surface area contributed by atoms with Gasteiger partial charge in [-0.05, 0) is 47.4 Å². The van der Waals surface area contributed by atoms with Gasteiger partial charge in [-0.15, -0.1) is 10.2 Å². The fourth-order valence-electron chi connectivity index (χ4n) is 2.44. The van der Waals surface area contributed by atoms with E-state index in [4.69, 9.17) is 9.15 Å². The van der Waals surface area contributed by atoms with E-state index in [1.807, 2.05) is 24.3 Å². The molecule has 5 nitrogen and oxygen atoms in total. The zero-order chi connectivity index (χ0) is 20.1. The summed E-state index contributed by atoms with van der Waals surface area (Å²) >= 11 is 1.24. The fraction of sp³-hybridized carbons (Fsp3) is 0.333. The van der Waals surface area contributed by atoms with Gasteiger partial charge in [0.05, 0.1) is 6.10 Å². The summed E-state index contributed by atoms with van der Waals surface area (Å²) in [5.41, 5.74) is 1.96. The van der Waals surface area contributed by atoms with Gasteiger partial charge in [-0.25, -0.2) is 4.39 Å². The topological polar surface area (TPSA) is 68.4 Å². The van der Waals surface area contributed by atoms with E-state index in [9.17, 15) is 9.50 Å². The molecule has 3 rings (SSSR count). The van der Waals surface area contributed by atoms with Crippen LogP contribution in [-0.2, 0) is 5.41 Å². The Morgan fingerprint density at radius 1 is 1.07 bits per heavy atom. The summed E-state index contributed by atoms with van der Waals surface area (Å²) in [6, 6.07) is 13.7. The van der Waals surface area contributed by atoms with Gasteiger partial charge in [0.25, 0.3) is 5.22 Å². The Morgan fingerprint density at radius 2 is 1.75 bits per heavy atom. The van der Waals surface area contributed by atoms with Gasteiger partial charge >= 0.3 is 0 Å². The molecule has 1 N–H and O–H groups in total. The molecule has 2 aromatic carbocycles. The average Bonchev–Trinajstić information content (AvgIpc) is 3.14. The molecule has 28 heavy (non-hydrogen) atoms. The number of ether oxygens (including phenoxy) is 1. The van der Waals surface area contributed by atoms with Crippen LogP contribution >= 0.6 is 11.8 Å². The number of hydrogen-bond donors (Lipinski definition) is 1. The van der Waals surface area contributed by atoms with Crippen molar-refractivity contribution in [2.24, 2.45) is 0 Å². The number of benzene rings is 2. The van der Waals surface area contributed by atoms with E-state index < -0.39 is 6.10 Å². The first-order chi connectivity index (χ1) is 13.3. The highest BCUT2D eigenvalue weighted by atomic mass is 32.2. The number of hydrogen-bond acceptors (Lipinski definition) is 6. The van der Waals surface area contributed by atoms with Crippen LogP contribution in [0.5, 0.6) is 5.75 Å². The molecule has 0 fully saturated rings. The minimum Gasteiger partial charge on any atom is -0.491 e. The zero-order valence-electron chi connectivity index (χ0n) is 16.1. The van der Waals surface area contributed by atoms with Crippen LogP contribution in [0.1, 0.15) is 26.3 Å². The van der Waals surface area contributed by atoms with Crippen LogP contribution in [0.15, 0.2) is 58.2 Å². The Balaban J connectivity index is 1.47. The number of aliphatic hydroxyl groups is 1. The van der Waals surface area contributed by atoms with E-state index in [2.05, 4.69) is 31.0 Å². The Kier molecular flexibility index (Phi) is 6.36. The van der Waals surface area contributed by atoms with Crippen LogP contribution in [0.2, 0.25) is 0 Å². The summed E-state index contributed by atoms with van der Waals surface area (Å²) in [7, 11) is 0. The van der Waals surface area contributed by atoms with Gasteiger partial charge < -0.3 is 14.3 Å². The third-order valence-electron chi connectivity index (χ3n) is 4.06. The number of halogens is 1. The molecule has 0 amide bonds. The highest BCUT2D eigenvalue weighted by molar-refractivity contribution is 7.99. The molecule has 0 aliphatic heterocycles. The summed E-state index contributed by atoms with van der Waals surface area (Å²) in [4.78, 5) is 0. The summed E-state index contributed by atoms with van der Waals surface area (Å²) in [5, 5.41) is 18.4. The standard InChI is InChI=1S/C21H23FN2O3S/c1-21(2,3)15-6-10-18(11-7-15)26-12-17(25)13-28-20-24-23-19(27-20)14-4-8-16(22)9-5-14/h4-11,17,25H,12-13H2,1-3H3/t17-/m1/s1. The third kappa shape index (κ3) is 5.56. The van der Waals surface area contributed by atoms with Crippen molar-refractivity contribution in [3.05, 3.63) is 59.9 Å². The van der Waals surface area contributed by atoms with E-state index in [1.54, 1.807) is 12.1 Å². The van der Waals surface area contributed by atoms with E-state index in [1.165, 1.54) is 29.5 Å². The van der Waals surface area contributed by atoms with Gasteiger partial charge in [0, 0.05) is 11.3 Å². The quantitative estimate of drug-likeness (QED) is 0.578. The molecule has 0 unspecified atom stereocenters. The van der Waals surface area contributed by atoms with E-state index in [0.717, 1.165) is 0 Å². The lowest BCUT2D eigenvalue weighted by molar-refractivity contribution is 0.126. The van der Waals surface area contributed by atoms with Crippen molar-refractivity contribution in [1.29, 1.82) is 0 Å². The molecule has 148 valence electrons. The first kappa shape index (κ1) is 20.4. The van der Waals surface area contributed by atoms with Crippen LogP contribution in [0.3, 0.4) is 0 Å². The third-order valence-corrected chi connectivity index (χ3v) is 5.02. The second-order valence-electron chi connectivity index (χ2n) is 7.43. The molecule has 0 saturated heterocycles. The molecule has 0 aliphatic carbocycles. The molecular weight excluding hydrogens is 379 g/mol. The average molecular weight is 402 g/mol. The Hall–Kier alpha value is -2.38. The first-order valence-electron chi connectivity index (χ1n) is 8.95. The van der Waals surface area contributed by atoms with Gasteiger partial charge in [0.2, 0.25) is 5.89 Å². The van der Waals surface area contributed by atoms with Crippen LogP contribution in [0, 0.1) is 5.82 Å². The van der Waals surface area contributed by atoms with Crippen LogP contribution in [0.25, 0.3) is 11.5 Å². The van der Waals surface area contributed by atoms with Gasteiger partial charge in [-0.3, -0.25) is 0 Å². The predicted molar refractivity (Wildman–Crippen MR) is 107 cm³/mol. The molecule has 0 radical (unpaired) electrons. The monoisotopic (exact) mass is 402 g/mol. The highest BCUT2D eigenvalue weighted by Gasteiger charge is 2.14. The largest absolute Gasteiger partial charge is 0.491 e. The van der Waals surface area contributed by atoms with Crippen molar-refractivity contribution in [1.82, 2.24) is 10.2 Å². The molecule has 1 heterocycles. The Bertz CT molecular complexity index is 889. The molecule has 3 aromatic rings. The van der Waals surface area contributed by atoms with Gasteiger partial charge in [-0.1, -0.05) is 44.7 Å². The predicted octanol–water partition coefficient (Wildman–Crippen LogP) is 4.71. The number of aliphatic hydroxyl groups excluding tert-OH is 1. The lowest BCUT2D eigenvalue weighted by Gasteiger charge is -2.19. The summed E-state index contributed by atoms with van der Waals surface area (Å²) in [5.74, 6) is 1.06. The molecule has 0 saturated carbocycles. The van der Waals surface area contributed by atoms with Crippen molar-refractivity contribution in [3.8, 4) is 17.2 Å². The highest BCUT2D eigenvalue weighted by Crippen LogP contribution is 2.25. The van der Waals surface area contributed by atoms with Crippen LogP contribution in [-0.4, -0.2) is 33.8 Å². The maximum atomic E-state index is 13.0. The lowest BCUT2D eigenvalue weighted by Crippen LogP contribution is -2.20. The molecule has 0 spiro atoms. The Morgan fingerprint density at radius 3 is 2.39 bits per heavy atom. The molecule has 0 aliphatic rings. The molecule has 0 bridgehead atoms. The molecule has 1 aromatic heterocycles. The number of nitrogens with zero attached hydrogens (tertiary/aromatic N) is 2. The van der Waals surface area contributed by atoms with Crippen molar-refractivity contribution in [2.75, 3.05) is 12.4 Å². The molecule has 1 atom stereocenters. The van der Waals surface area contributed by atoms with E-state index >= 15 is 0 Å². The Labute approximate surface area is 167 Å². The second-order valence-corrected chi connectivity index (χ2v) is 8.40. The maximum Gasteiger partial charge on any atom is 0.276 e. The SMILES string of the molecule is CC(C)(C)c1ccc(OC[C@@H](O)CSc2nnc(-c3ccc(F)cc3)o2)cc1. The van der Waals surface area contributed by atoms with Gasteiger partial charge in [0.1, 0.15) is 18.2 Å². The smallest absolute Gasteiger partial charge is 0.276 e. The zero-order valence-corrected chi connectivity index (χ0v) is 16.9. The van der Waals surface area contributed by atoms with Crippen molar-refractivity contribution < 1.29 is 18.7 Å². The molecular formula is C21H23FN2O3S. The van der Waals surface area contributed by atoms with Gasteiger partial charge in [-0.2, -0.15) is 0 Å². The van der Waals surface area contributed by atoms with E-state index in [0.29, 0.717) is 28.2 Å². The summed E-state index contributed by atoms with van der Waals surface area (Å²) < 4.78 is 24.2. The normalized spacial score (nSPS) is 12.8. The lowest BCUT2D eigenvalue weighted by atomic mass is 9.87. The number of thioether (sulfide) groups is 1. The first-order valence-corrected chi connectivity index (χ1v) is 9.93. The maximum absolute atomic E-state index is 13.0. The van der Waals surface area contributed by atoms with Crippen molar-refractivity contribution in [3.63, 3.8) is 0 Å². The molecule has 7 heteroatoms. The van der Waals surface area contributed by atoms with Crippen molar-refractivity contribution in [2.45, 2.75) is 37.5 Å². The number of rotatable bonds is 7. The van der Waals surface area contributed by atoms with Crippen LogP contribution < -0.4 is 4.74 Å². The van der Waals surface area contributed by atoms with Crippen LogP contribution in [0.4, 0.5) is 4.39 Å². The number of aromatic nitrogens is 2. The van der Waals surface area contributed by atoms with E-state index in [-0.39, 0.29) is 17.8 Å². The minimum absolute atomic E-state index is 0.0888. The fourth-order valence-corrected chi connectivity index (χ4v) is 3.10. The summed E-state index contributed by atoms with van der Waals surface area (Å²) in [6.45, 7) is 6.63. The second kappa shape index (κ2) is 8.75. The van der Waals surface area contributed by atoms with Crippen molar-refractivity contribution >= 4 is 11.8 Å². The minimum atomic E-state index is -0.687. The van der Waals surface area contributed by atoms with Gasteiger partial charge in [0.15, 0.2) is 0 Å².